The molecular formula is C13H9BrF4N2. The van der Waals surface area contributed by atoms with Crippen molar-refractivity contribution >= 4 is 21.6 Å². The summed E-state index contributed by atoms with van der Waals surface area (Å²) in [6.07, 6.45) is 0. The normalized spacial score (nSPS) is 10.7. The molecule has 0 saturated carbocycles. The van der Waals surface area contributed by atoms with E-state index in [-0.39, 0.29) is 6.54 Å². The molecule has 1 aromatic heterocycles. The zero-order valence-electron chi connectivity index (χ0n) is 10.3. The van der Waals surface area contributed by atoms with Gasteiger partial charge in [0.25, 0.3) is 11.9 Å². The summed E-state index contributed by atoms with van der Waals surface area (Å²) in [7, 11) is 1.34. The maximum absolute atomic E-state index is 13.6. The van der Waals surface area contributed by atoms with Gasteiger partial charge in [0.05, 0.1) is 0 Å². The SMILES string of the molecule is CN(Cc1ccc(Br)cc1)c1c(F)c(F)nc(F)c1F. The highest BCUT2D eigenvalue weighted by molar-refractivity contribution is 9.10. The summed E-state index contributed by atoms with van der Waals surface area (Å²) in [6.45, 7) is 0.0873. The predicted molar refractivity (Wildman–Crippen MR) is 70.3 cm³/mol. The van der Waals surface area contributed by atoms with Crippen molar-refractivity contribution in [3.05, 3.63) is 57.8 Å². The maximum Gasteiger partial charge on any atom is 0.253 e. The lowest BCUT2D eigenvalue weighted by atomic mass is 10.2. The van der Waals surface area contributed by atoms with E-state index in [1.165, 1.54) is 7.05 Å². The number of anilines is 1. The Morgan fingerprint density at radius 3 is 2.00 bits per heavy atom. The van der Waals surface area contributed by atoms with Crippen molar-refractivity contribution in [2.75, 3.05) is 11.9 Å². The molecule has 0 radical (unpaired) electrons. The molecule has 0 aliphatic carbocycles. The lowest BCUT2D eigenvalue weighted by molar-refractivity contribution is 0.407. The number of nitrogens with zero attached hydrogens (tertiary/aromatic N) is 2. The minimum absolute atomic E-state index is 0.0873. The molecule has 1 heterocycles. The molecule has 0 saturated heterocycles. The fraction of sp³-hybridized carbons (Fsp3) is 0.154. The predicted octanol–water partition coefficient (Wildman–Crippen LogP) is 4.04. The van der Waals surface area contributed by atoms with Crippen LogP contribution in [-0.4, -0.2) is 12.0 Å². The Bertz CT molecular complexity index is 605. The summed E-state index contributed by atoms with van der Waals surface area (Å²) in [4.78, 5) is 3.60. The van der Waals surface area contributed by atoms with Crippen LogP contribution < -0.4 is 4.90 Å². The number of aromatic nitrogens is 1. The van der Waals surface area contributed by atoms with Gasteiger partial charge in [0.1, 0.15) is 5.69 Å². The first-order valence-corrected chi connectivity index (χ1v) is 6.35. The van der Waals surface area contributed by atoms with Gasteiger partial charge in [-0.1, -0.05) is 28.1 Å². The minimum atomic E-state index is -1.67. The van der Waals surface area contributed by atoms with E-state index in [4.69, 9.17) is 0 Å². The molecule has 0 aliphatic heterocycles. The van der Waals surface area contributed by atoms with Crippen molar-refractivity contribution in [3.8, 4) is 0 Å². The highest BCUT2D eigenvalue weighted by Crippen LogP contribution is 2.26. The molecule has 0 spiro atoms. The van der Waals surface area contributed by atoms with Crippen molar-refractivity contribution in [2.24, 2.45) is 0 Å². The third-order valence-corrected chi connectivity index (χ3v) is 3.22. The van der Waals surface area contributed by atoms with Gasteiger partial charge in [0.2, 0.25) is 11.6 Å². The molecule has 2 aromatic rings. The van der Waals surface area contributed by atoms with Gasteiger partial charge in [0, 0.05) is 18.1 Å². The van der Waals surface area contributed by atoms with E-state index in [1.54, 1.807) is 24.3 Å². The number of rotatable bonds is 3. The first kappa shape index (κ1) is 14.8. The number of halogens is 5. The Balaban J connectivity index is 2.34. The molecule has 106 valence electrons. The van der Waals surface area contributed by atoms with E-state index in [0.717, 1.165) is 14.9 Å². The van der Waals surface area contributed by atoms with E-state index in [1.807, 2.05) is 0 Å². The van der Waals surface area contributed by atoms with Gasteiger partial charge in [-0.05, 0) is 17.7 Å². The third kappa shape index (κ3) is 2.92. The zero-order chi connectivity index (χ0) is 14.9. The fourth-order valence-corrected chi connectivity index (χ4v) is 2.02. The summed E-state index contributed by atoms with van der Waals surface area (Å²) in [6, 6.07) is 6.96. The van der Waals surface area contributed by atoms with Crippen LogP contribution in [0.15, 0.2) is 28.7 Å². The monoisotopic (exact) mass is 348 g/mol. The highest BCUT2D eigenvalue weighted by Gasteiger charge is 2.23. The first-order valence-electron chi connectivity index (χ1n) is 5.55. The van der Waals surface area contributed by atoms with Crippen molar-refractivity contribution < 1.29 is 17.6 Å². The largest absolute Gasteiger partial charge is 0.365 e. The van der Waals surface area contributed by atoms with Crippen LogP contribution in [0.1, 0.15) is 5.56 Å². The molecule has 2 nitrogen and oxygen atoms in total. The molecule has 0 amide bonds. The average molecular weight is 349 g/mol. The molecule has 7 heteroatoms. The second-order valence-corrected chi connectivity index (χ2v) is 5.07. The van der Waals surface area contributed by atoms with Crippen LogP contribution in [-0.2, 0) is 6.54 Å². The lowest BCUT2D eigenvalue weighted by Gasteiger charge is -2.20. The topological polar surface area (TPSA) is 16.1 Å². The molecule has 0 aliphatic rings. The van der Waals surface area contributed by atoms with E-state index in [2.05, 4.69) is 20.9 Å². The van der Waals surface area contributed by atoms with Crippen LogP contribution in [0.3, 0.4) is 0 Å². The van der Waals surface area contributed by atoms with Gasteiger partial charge in [-0.2, -0.15) is 22.5 Å². The fourth-order valence-electron chi connectivity index (χ4n) is 1.75. The molecular weight excluding hydrogens is 340 g/mol. The van der Waals surface area contributed by atoms with Crippen LogP contribution in [0.4, 0.5) is 23.2 Å². The van der Waals surface area contributed by atoms with E-state index in [0.29, 0.717) is 0 Å². The summed E-state index contributed by atoms with van der Waals surface area (Å²) in [5.41, 5.74) is -0.0509. The second kappa shape index (κ2) is 5.78. The van der Waals surface area contributed by atoms with E-state index < -0.39 is 29.2 Å². The summed E-state index contributed by atoms with van der Waals surface area (Å²) in [5.74, 6) is -6.35. The van der Waals surface area contributed by atoms with Crippen LogP contribution in [0.25, 0.3) is 0 Å². The first-order chi connectivity index (χ1) is 9.40. The molecule has 0 fully saturated rings. The molecule has 0 bridgehead atoms. The van der Waals surface area contributed by atoms with Gasteiger partial charge in [-0.25, -0.2) is 0 Å². The van der Waals surface area contributed by atoms with Crippen molar-refractivity contribution in [1.82, 2.24) is 4.98 Å². The van der Waals surface area contributed by atoms with Gasteiger partial charge in [0.15, 0.2) is 0 Å². The molecule has 0 N–H and O–H groups in total. The summed E-state index contributed by atoms with van der Waals surface area (Å²) in [5, 5.41) is 0. The Labute approximate surface area is 121 Å². The van der Waals surface area contributed by atoms with Crippen LogP contribution >= 0.6 is 15.9 Å². The van der Waals surface area contributed by atoms with Gasteiger partial charge < -0.3 is 4.90 Å². The van der Waals surface area contributed by atoms with Gasteiger partial charge in [-0.3, -0.25) is 0 Å². The molecule has 1 aromatic carbocycles. The number of pyridine rings is 1. The highest BCUT2D eigenvalue weighted by atomic mass is 79.9. The van der Waals surface area contributed by atoms with E-state index >= 15 is 0 Å². The van der Waals surface area contributed by atoms with Gasteiger partial charge >= 0.3 is 0 Å². The van der Waals surface area contributed by atoms with E-state index in [9.17, 15) is 17.6 Å². The molecule has 0 unspecified atom stereocenters. The number of hydrogen-bond acceptors (Lipinski definition) is 2. The van der Waals surface area contributed by atoms with Crippen molar-refractivity contribution in [3.63, 3.8) is 0 Å². The Morgan fingerprint density at radius 1 is 1.00 bits per heavy atom. The zero-order valence-corrected chi connectivity index (χ0v) is 11.9. The van der Waals surface area contributed by atoms with Crippen LogP contribution in [0.5, 0.6) is 0 Å². The second-order valence-electron chi connectivity index (χ2n) is 4.15. The Morgan fingerprint density at radius 2 is 1.50 bits per heavy atom. The molecule has 2 rings (SSSR count). The standard InChI is InChI=1S/C13H9BrF4N2/c1-20(6-7-2-4-8(14)5-3-7)11-9(15)12(17)19-13(18)10(11)16/h2-5H,6H2,1H3. The third-order valence-electron chi connectivity index (χ3n) is 2.69. The van der Waals surface area contributed by atoms with Crippen molar-refractivity contribution in [2.45, 2.75) is 6.54 Å². The Hall–Kier alpha value is -1.63. The minimum Gasteiger partial charge on any atom is -0.365 e. The van der Waals surface area contributed by atoms with Crippen molar-refractivity contribution in [1.29, 1.82) is 0 Å². The summed E-state index contributed by atoms with van der Waals surface area (Å²) < 4.78 is 54.1. The Kier molecular flexibility index (Phi) is 4.27. The quantitative estimate of drug-likeness (QED) is 0.614. The lowest BCUT2D eigenvalue weighted by Crippen LogP contribution is -2.21. The van der Waals surface area contributed by atoms with Crippen LogP contribution in [0, 0.1) is 23.5 Å². The number of benzene rings is 1. The molecule has 20 heavy (non-hydrogen) atoms. The van der Waals surface area contributed by atoms with Gasteiger partial charge in [-0.15, -0.1) is 0 Å². The smallest absolute Gasteiger partial charge is 0.253 e. The average Bonchev–Trinajstić information content (AvgIpc) is 2.39. The molecule has 0 atom stereocenters. The number of hydrogen-bond donors (Lipinski definition) is 0. The maximum atomic E-state index is 13.6. The van der Waals surface area contributed by atoms with Crippen LogP contribution in [0.2, 0.25) is 0 Å². The summed E-state index contributed by atoms with van der Waals surface area (Å²) >= 11 is 3.26.